The van der Waals surface area contributed by atoms with Gasteiger partial charge in [0.1, 0.15) is 0 Å². The lowest BCUT2D eigenvalue weighted by atomic mass is 9.96. The van der Waals surface area contributed by atoms with Gasteiger partial charge in [-0.15, -0.1) is 12.3 Å². The molecule has 0 heterocycles. The summed E-state index contributed by atoms with van der Waals surface area (Å²) in [6.07, 6.45) is 7.60. The van der Waals surface area contributed by atoms with E-state index in [9.17, 15) is 5.11 Å². The molecule has 3 rings (SSSR count). The number of nitrogens with one attached hydrogen (secondary N) is 4. The molecule has 5 nitrogen and oxygen atoms in total. The molecule has 0 aliphatic rings. The second kappa shape index (κ2) is 22.9. The third-order valence-electron chi connectivity index (χ3n) is 5.67. The lowest BCUT2D eigenvalue weighted by Crippen LogP contribution is -2.21. The number of hydrazine groups is 1. The highest BCUT2D eigenvalue weighted by Crippen LogP contribution is 2.34. The van der Waals surface area contributed by atoms with Crippen molar-refractivity contribution in [3.05, 3.63) is 78.4 Å². The Kier molecular flexibility index (Phi) is 20.9. The monoisotopic (exact) mass is 518 g/mol. The number of rotatable bonds is 11. The maximum absolute atomic E-state index is 9.47. The van der Waals surface area contributed by atoms with Crippen LogP contribution in [0.5, 0.6) is 0 Å². The second-order valence-electron chi connectivity index (χ2n) is 8.40. The number of hydrogen-bond donors (Lipinski definition) is 5. The molecule has 0 aromatic heterocycles. The van der Waals surface area contributed by atoms with Gasteiger partial charge in [0.05, 0.1) is 0 Å². The van der Waals surface area contributed by atoms with Crippen molar-refractivity contribution in [2.45, 2.75) is 53.9 Å². The quantitative estimate of drug-likeness (QED) is 0.134. The molecule has 0 aliphatic carbocycles. The molecule has 5 N–H and O–H groups in total. The molecule has 0 fully saturated rings. The molecule has 5 heteroatoms. The molecule has 1 atom stereocenters. The Bertz CT molecular complexity index is 1010. The van der Waals surface area contributed by atoms with Crippen LogP contribution in [0.3, 0.4) is 0 Å². The zero-order valence-electron chi connectivity index (χ0n) is 24.6. The Hall–Kier alpha value is -3.30. The SMILES string of the molecule is C#CC.CC.CC[C@@H](C)CCNc1cc(Nc2ccccc2)ccc1-c1ccccc1CCO.CNNC. The van der Waals surface area contributed by atoms with E-state index >= 15 is 0 Å². The van der Waals surface area contributed by atoms with Crippen LogP contribution in [0.15, 0.2) is 72.8 Å². The third-order valence-corrected chi connectivity index (χ3v) is 5.67. The molecule has 0 saturated heterocycles. The van der Waals surface area contributed by atoms with Gasteiger partial charge in [0.25, 0.3) is 0 Å². The topological polar surface area (TPSA) is 68.3 Å². The summed E-state index contributed by atoms with van der Waals surface area (Å²) in [4.78, 5) is 0. The first kappa shape index (κ1) is 34.7. The van der Waals surface area contributed by atoms with Gasteiger partial charge in [-0.25, -0.2) is 0 Å². The largest absolute Gasteiger partial charge is 0.396 e. The van der Waals surface area contributed by atoms with Gasteiger partial charge in [-0.2, -0.15) is 0 Å². The fourth-order valence-electron chi connectivity index (χ4n) is 3.47. The summed E-state index contributed by atoms with van der Waals surface area (Å²) in [5.41, 5.74) is 12.1. The summed E-state index contributed by atoms with van der Waals surface area (Å²) in [6, 6.07) is 25.1. The standard InChI is InChI=1S/C26H32N2O.C3H4.C2H8N2.C2H6/c1-3-20(2)15-17-27-26-19-23(28-22-10-5-4-6-11-22)13-14-25(26)24-12-8-7-9-21(24)16-18-29;1-3-2;1-3-4-2;1-2/h4-14,19-20,27-29H,3,15-18H2,1-2H3;1H,2H3;3-4H,1-2H3;1-2H3/t20-;;;/m1.../s1. The number of terminal acetylenes is 1. The van der Waals surface area contributed by atoms with Gasteiger partial charge in [0.15, 0.2) is 0 Å². The van der Waals surface area contributed by atoms with E-state index in [0.717, 1.165) is 30.0 Å². The highest BCUT2D eigenvalue weighted by molar-refractivity contribution is 5.83. The fraction of sp³-hybridized carbons (Fsp3) is 0.394. The van der Waals surface area contributed by atoms with Crippen LogP contribution in [0, 0.1) is 18.3 Å². The van der Waals surface area contributed by atoms with Gasteiger partial charge in [0, 0.05) is 35.8 Å². The molecule has 0 saturated carbocycles. The van der Waals surface area contributed by atoms with Gasteiger partial charge in [-0.1, -0.05) is 82.6 Å². The number of anilines is 3. The van der Waals surface area contributed by atoms with Crippen LogP contribution in [0.4, 0.5) is 17.1 Å². The molecule has 208 valence electrons. The normalized spacial score (nSPS) is 10.2. The van der Waals surface area contributed by atoms with Crippen LogP contribution in [-0.2, 0) is 6.42 Å². The van der Waals surface area contributed by atoms with Crippen LogP contribution in [-0.4, -0.2) is 32.4 Å². The summed E-state index contributed by atoms with van der Waals surface area (Å²) in [5.74, 6) is 2.96. The number of aliphatic hydroxyl groups excluding tert-OH is 1. The molecular formula is C33H50N4O. The van der Waals surface area contributed by atoms with E-state index in [-0.39, 0.29) is 6.61 Å². The van der Waals surface area contributed by atoms with Gasteiger partial charge in [0.2, 0.25) is 0 Å². The lowest BCUT2D eigenvalue weighted by molar-refractivity contribution is 0.300. The highest BCUT2D eigenvalue weighted by atomic mass is 16.2. The number of benzene rings is 3. The van der Waals surface area contributed by atoms with Gasteiger partial charge in [-0.3, -0.25) is 10.9 Å². The Morgan fingerprint density at radius 2 is 1.47 bits per heavy atom. The third kappa shape index (κ3) is 13.9. The zero-order valence-corrected chi connectivity index (χ0v) is 24.6. The van der Waals surface area contributed by atoms with E-state index in [1.165, 1.54) is 23.1 Å². The first-order valence-corrected chi connectivity index (χ1v) is 13.6. The summed E-state index contributed by atoms with van der Waals surface area (Å²) in [5, 5.41) is 16.6. The van der Waals surface area contributed by atoms with E-state index in [2.05, 4.69) is 96.2 Å². The predicted molar refractivity (Wildman–Crippen MR) is 169 cm³/mol. The minimum Gasteiger partial charge on any atom is -0.396 e. The van der Waals surface area contributed by atoms with Crippen LogP contribution in [0.2, 0.25) is 0 Å². The van der Waals surface area contributed by atoms with E-state index in [4.69, 9.17) is 0 Å². The van der Waals surface area contributed by atoms with Crippen LogP contribution in [0.1, 0.15) is 53.0 Å². The van der Waals surface area contributed by atoms with Crippen LogP contribution < -0.4 is 21.5 Å². The van der Waals surface area contributed by atoms with Crippen molar-refractivity contribution in [2.75, 3.05) is 37.9 Å². The molecule has 0 bridgehead atoms. The van der Waals surface area contributed by atoms with E-state index in [1.807, 2.05) is 52.2 Å². The zero-order chi connectivity index (χ0) is 28.6. The molecular weight excluding hydrogens is 468 g/mol. The summed E-state index contributed by atoms with van der Waals surface area (Å²) in [7, 11) is 3.64. The van der Waals surface area contributed by atoms with Crippen molar-refractivity contribution < 1.29 is 5.11 Å². The van der Waals surface area contributed by atoms with Crippen molar-refractivity contribution in [3.8, 4) is 23.5 Å². The highest BCUT2D eigenvalue weighted by Gasteiger charge is 2.11. The molecule has 3 aromatic carbocycles. The number of para-hydroxylation sites is 1. The second-order valence-corrected chi connectivity index (χ2v) is 8.40. The van der Waals surface area contributed by atoms with Crippen molar-refractivity contribution >= 4 is 17.1 Å². The average Bonchev–Trinajstić information content (AvgIpc) is 2.96. The Morgan fingerprint density at radius 3 is 2.05 bits per heavy atom. The van der Waals surface area contributed by atoms with Crippen molar-refractivity contribution in [1.29, 1.82) is 0 Å². The predicted octanol–water partition coefficient (Wildman–Crippen LogP) is 7.49. The average molecular weight is 519 g/mol. The molecule has 0 amide bonds. The van der Waals surface area contributed by atoms with Crippen molar-refractivity contribution in [2.24, 2.45) is 5.92 Å². The first-order chi connectivity index (χ1) is 18.5. The minimum absolute atomic E-state index is 0.154. The number of hydrogen-bond acceptors (Lipinski definition) is 5. The first-order valence-electron chi connectivity index (χ1n) is 13.6. The maximum Gasteiger partial charge on any atom is 0.0471 e. The fourth-order valence-corrected chi connectivity index (χ4v) is 3.47. The maximum atomic E-state index is 9.47. The Balaban J connectivity index is 0.00000134. The summed E-state index contributed by atoms with van der Waals surface area (Å²) in [6.45, 7) is 11.3. The molecule has 38 heavy (non-hydrogen) atoms. The lowest BCUT2D eigenvalue weighted by Gasteiger charge is -2.18. The molecule has 0 aliphatic heterocycles. The van der Waals surface area contributed by atoms with Crippen LogP contribution in [0.25, 0.3) is 11.1 Å². The molecule has 0 radical (unpaired) electrons. The van der Waals surface area contributed by atoms with E-state index < -0.39 is 0 Å². The van der Waals surface area contributed by atoms with Crippen LogP contribution >= 0.6 is 0 Å². The van der Waals surface area contributed by atoms with Gasteiger partial charge in [-0.05, 0) is 75.2 Å². The molecule has 3 aromatic rings. The smallest absolute Gasteiger partial charge is 0.0471 e. The number of aliphatic hydroxyl groups is 1. The van der Waals surface area contributed by atoms with Gasteiger partial charge < -0.3 is 15.7 Å². The minimum atomic E-state index is 0.154. The van der Waals surface area contributed by atoms with E-state index in [0.29, 0.717) is 12.3 Å². The van der Waals surface area contributed by atoms with E-state index in [1.54, 1.807) is 6.92 Å². The molecule has 0 spiro atoms. The Morgan fingerprint density at radius 1 is 0.868 bits per heavy atom. The summed E-state index contributed by atoms with van der Waals surface area (Å²) < 4.78 is 0. The van der Waals surface area contributed by atoms with Crippen molar-refractivity contribution in [1.82, 2.24) is 10.9 Å². The van der Waals surface area contributed by atoms with Gasteiger partial charge >= 0.3 is 0 Å². The Labute approximate surface area is 232 Å². The molecule has 0 unspecified atom stereocenters. The summed E-state index contributed by atoms with van der Waals surface area (Å²) >= 11 is 0. The van der Waals surface area contributed by atoms with Crippen molar-refractivity contribution in [3.63, 3.8) is 0 Å².